The molecule has 94 valence electrons. The highest BCUT2D eigenvalue weighted by atomic mass is 79.9. The van der Waals surface area contributed by atoms with Crippen molar-refractivity contribution in [3.8, 4) is 0 Å². The summed E-state index contributed by atoms with van der Waals surface area (Å²) in [5.41, 5.74) is 0.876. The van der Waals surface area contributed by atoms with Gasteiger partial charge in [-0.25, -0.2) is 0 Å². The van der Waals surface area contributed by atoms with E-state index in [-0.39, 0.29) is 0 Å². The first-order valence-corrected chi connectivity index (χ1v) is 7.66. The number of halogens is 1. The Morgan fingerprint density at radius 1 is 1.47 bits per heavy atom. The summed E-state index contributed by atoms with van der Waals surface area (Å²) in [6, 6.07) is 7.57. The van der Waals surface area contributed by atoms with Crippen LogP contribution in [-0.2, 0) is 4.79 Å². The molecule has 0 saturated carbocycles. The Hall–Kier alpha value is -0.480. The van der Waals surface area contributed by atoms with Crippen molar-refractivity contribution in [2.24, 2.45) is 0 Å². The summed E-state index contributed by atoms with van der Waals surface area (Å²) >= 11 is 5.28. The molecule has 0 aliphatic heterocycles. The minimum Gasteiger partial charge on any atom is -0.481 e. The molecule has 0 spiro atoms. The Kier molecular flexibility index (Phi) is 6.66. The fourth-order valence-corrected chi connectivity index (χ4v) is 2.92. The molecule has 0 aromatic heterocycles. The first-order valence-electron chi connectivity index (χ1n) is 5.71. The first-order chi connectivity index (χ1) is 8.16. The number of hydrogen-bond acceptors (Lipinski definition) is 2. The lowest BCUT2D eigenvalue weighted by atomic mass is 9.95. The highest BCUT2D eigenvalue weighted by Crippen LogP contribution is 2.29. The van der Waals surface area contributed by atoms with E-state index in [1.54, 1.807) is 0 Å². The predicted molar refractivity (Wildman–Crippen MR) is 76.8 cm³/mol. The van der Waals surface area contributed by atoms with E-state index in [2.05, 4.69) is 22.9 Å². The highest BCUT2D eigenvalue weighted by Gasteiger charge is 2.21. The molecule has 0 heterocycles. The van der Waals surface area contributed by atoms with Crippen molar-refractivity contribution in [3.05, 3.63) is 34.3 Å². The molecule has 4 heteroatoms. The minimum atomic E-state index is -0.738. The SMILES string of the molecule is CCSCCCC(C(=O)O)c1ccccc1Br. The lowest BCUT2D eigenvalue weighted by Crippen LogP contribution is -2.12. The number of carbonyl (C=O) groups is 1. The van der Waals surface area contributed by atoms with Crippen LogP contribution in [0.25, 0.3) is 0 Å². The third-order valence-corrected chi connectivity index (χ3v) is 4.27. The molecule has 17 heavy (non-hydrogen) atoms. The van der Waals surface area contributed by atoms with Gasteiger partial charge in [0.1, 0.15) is 0 Å². The van der Waals surface area contributed by atoms with E-state index in [1.807, 2.05) is 36.0 Å². The van der Waals surface area contributed by atoms with Crippen molar-refractivity contribution in [2.75, 3.05) is 11.5 Å². The quantitative estimate of drug-likeness (QED) is 0.768. The zero-order valence-corrected chi connectivity index (χ0v) is 12.3. The molecule has 1 rings (SSSR count). The van der Waals surface area contributed by atoms with Crippen LogP contribution in [0.2, 0.25) is 0 Å². The maximum absolute atomic E-state index is 11.3. The Morgan fingerprint density at radius 2 is 2.18 bits per heavy atom. The van der Waals surface area contributed by atoms with Crippen molar-refractivity contribution in [2.45, 2.75) is 25.7 Å². The summed E-state index contributed by atoms with van der Waals surface area (Å²) in [5, 5.41) is 9.28. The molecular weight excluding hydrogens is 300 g/mol. The van der Waals surface area contributed by atoms with Gasteiger partial charge in [-0.05, 0) is 36.0 Å². The van der Waals surface area contributed by atoms with Gasteiger partial charge in [0.25, 0.3) is 0 Å². The van der Waals surface area contributed by atoms with Gasteiger partial charge in [-0.15, -0.1) is 0 Å². The van der Waals surface area contributed by atoms with Gasteiger partial charge in [0.15, 0.2) is 0 Å². The van der Waals surface area contributed by atoms with Gasteiger partial charge in [-0.1, -0.05) is 41.1 Å². The topological polar surface area (TPSA) is 37.3 Å². The fourth-order valence-electron chi connectivity index (χ4n) is 1.70. The summed E-state index contributed by atoms with van der Waals surface area (Å²) < 4.78 is 0.885. The van der Waals surface area contributed by atoms with Crippen molar-refractivity contribution in [1.82, 2.24) is 0 Å². The Labute approximate surface area is 115 Å². The zero-order chi connectivity index (χ0) is 12.7. The van der Waals surface area contributed by atoms with Crippen LogP contribution < -0.4 is 0 Å². The van der Waals surface area contributed by atoms with Crippen LogP contribution >= 0.6 is 27.7 Å². The van der Waals surface area contributed by atoms with Crippen LogP contribution in [-0.4, -0.2) is 22.6 Å². The molecule has 0 aliphatic rings. The summed E-state index contributed by atoms with van der Waals surface area (Å²) in [6.07, 6.45) is 1.64. The molecule has 1 unspecified atom stereocenters. The molecule has 0 fully saturated rings. The molecule has 1 aromatic carbocycles. The second-order valence-corrected chi connectivity index (χ2v) is 6.00. The van der Waals surface area contributed by atoms with Gasteiger partial charge in [-0.3, -0.25) is 4.79 Å². The summed E-state index contributed by atoms with van der Waals surface area (Å²) in [6.45, 7) is 2.12. The molecule has 0 bridgehead atoms. The summed E-state index contributed by atoms with van der Waals surface area (Å²) in [4.78, 5) is 11.3. The number of benzene rings is 1. The Bertz CT molecular complexity index is 368. The van der Waals surface area contributed by atoms with E-state index in [0.29, 0.717) is 6.42 Å². The lowest BCUT2D eigenvalue weighted by Gasteiger charge is -2.14. The number of thioether (sulfide) groups is 1. The molecule has 1 atom stereocenters. The largest absolute Gasteiger partial charge is 0.481 e. The molecular formula is C13H17BrO2S. The van der Waals surface area contributed by atoms with Crippen LogP contribution in [0.3, 0.4) is 0 Å². The van der Waals surface area contributed by atoms with Crippen LogP contribution in [0.4, 0.5) is 0 Å². The number of hydrogen-bond donors (Lipinski definition) is 1. The third-order valence-electron chi connectivity index (χ3n) is 2.56. The molecule has 2 nitrogen and oxygen atoms in total. The van der Waals surface area contributed by atoms with Crippen molar-refractivity contribution in [1.29, 1.82) is 0 Å². The summed E-state index contributed by atoms with van der Waals surface area (Å²) in [5.74, 6) is 0.985. The standard InChI is InChI=1S/C13H17BrO2S/c1-2-17-9-5-7-11(13(15)16)10-6-3-4-8-12(10)14/h3-4,6,8,11H,2,5,7,9H2,1H3,(H,15,16). The monoisotopic (exact) mass is 316 g/mol. The number of aliphatic carboxylic acids is 1. The first kappa shape index (κ1) is 14.6. The van der Waals surface area contributed by atoms with E-state index in [0.717, 1.165) is 28.0 Å². The van der Waals surface area contributed by atoms with E-state index in [4.69, 9.17) is 0 Å². The van der Waals surface area contributed by atoms with Crippen LogP contribution in [0.1, 0.15) is 31.2 Å². The minimum absolute atomic E-state index is 0.400. The maximum atomic E-state index is 11.3. The van der Waals surface area contributed by atoms with Gasteiger partial charge in [0.2, 0.25) is 0 Å². The second kappa shape index (κ2) is 7.77. The second-order valence-electron chi connectivity index (χ2n) is 3.75. The number of rotatable bonds is 7. The van der Waals surface area contributed by atoms with Gasteiger partial charge in [0.05, 0.1) is 5.92 Å². The van der Waals surface area contributed by atoms with Gasteiger partial charge in [0, 0.05) is 4.47 Å². The van der Waals surface area contributed by atoms with Gasteiger partial charge < -0.3 is 5.11 Å². The molecule has 0 amide bonds. The van der Waals surface area contributed by atoms with Gasteiger partial charge in [-0.2, -0.15) is 11.8 Å². The van der Waals surface area contributed by atoms with Crippen LogP contribution in [0, 0.1) is 0 Å². The normalized spacial score (nSPS) is 12.4. The van der Waals surface area contributed by atoms with Crippen molar-refractivity contribution >= 4 is 33.7 Å². The Balaban J connectivity index is 2.66. The Morgan fingerprint density at radius 3 is 2.76 bits per heavy atom. The average molecular weight is 317 g/mol. The van der Waals surface area contributed by atoms with Crippen LogP contribution in [0.15, 0.2) is 28.7 Å². The molecule has 0 aliphatic carbocycles. The predicted octanol–water partition coefficient (Wildman–Crippen LogP) is 4.15. The van der Waals surface area contributed by atoms with E-state index in [9.17, 15) is 9.90 Å². The summed E-state index contributed by atoms with van der Waals surface area (Å²) in [7, 11) is 0. The van der Waals surface area contributed by atoms with Crippen molar-refractivity contribution in [3.63, 3.8) is 0 Å². The highest BCUT2D eigenvalue weighted by molar-refractivity contribution is 9.10. The average Bonchev–Trinajstić information content (AvgIpc) is 2.30. The van der Waals surface area contributed by atoms with Gasteiger partial charge >= 0.3 is 5.97 Å². The van der Waals surface area contributed by atoms with Crippen LogP contribution in [0.5, 0.6) is 0 Å². The number of carboxylic acids is 1. The van der Waals surface area contributed by atoms with E-state index >= 15 is 0 Å². The molecule has 1 aromatic rings. The third kappa shape index (κ3) is 4.72. The zero-order valence-electron chi connectivity index (χ0n) is 9.86. The lowest BCUT2D eigenvalue weighted by molar-refractivity contribution is -0.139. The maximum Gasteiger partial charge on any atom is 0.311 e. The fraction of sp³-hybridized carbons (Fsp3) is 0.462. The van der Waals surface area contributed by atoms with E-state index < -0.39 is 11.9 Å². The molecule has 1 N–H and O–H groups in total. The number of carboxylic acid groups (broad SMARTS) is 1. The molecule has 0 saturated heterocycles. The van der Waals surface area contributed by atoms with E-state index in [1.165, 1.54) is 0 Å². The van der Waals surface area contributed by atoms with Crippen molar-refractivity contribution < 1.29 is 9.90 Å². The molecule has 0 radical (unpaired) electrons. The smallest absolute Gasteiger partial charge is 0.311 e.